The summed E-state index contributed by atoms with van der Waals surface area (Å²) in [7, 11) is 1.96. The first-order valence-corrected chi connectivity index (χ1v) is 11.8. The molecule has 4 nitrogen and oxygen atoms in total. The molecule has 4 heteroatoms. The molecule has 4 saturated carbocycles. The van der Waals surface area contributed by atoms with Crippen molar-refractivity contribution in [1.29, 1.82) is 0 Å². The van der Waals surface area contributed by atoms with E-state index in [1.54, 1.807) is 0 Å². The number of aliphatic hydroxyl groups excluding tert-OH is 2. The Bertz CT molecular complexity index is 829. The first-order valence-electron chi connectivity index (χ1n) is 11.8. The van der Waals surface area contributed by atoms with Crippen LogP contribution >= 0.6 is 0 Å². The van der Waals surface area contributed by atoms with E-state index in [1.165, 1.54) is 31.3 Å². The molecule has 8 atom stereocenters. The van der Waals surface area contributed by atoms with Gasteiger partial charge in [0.15, 0.2) is 0 Å². The Morgan fingerprint density at radius 1 is 1.07 bits per heavy atom. The van der Waals surface area contributed by atoms with Crippen molar-refractivity contribution in [3.63, 3.8) is 0 Å². The Balaban J connectivity index is 1.45. The zero-order chi connectivity index (χ0) is 20.6. The summed E-state index contributed by atoms with van der Waals surface area (Å²) in [6, 6.07) is 0. The summed E-state index contributed by atoms with van der Waals surface area (Å²) in [6.45, 7) is 6.94. The Kier molecular flexibility index (Phi) is 4.57. The SMILES string of the molecule is Cc1nn(C)cc1/C=C1\C[C@@H]2[C@H]3CC[C@H]4C[C@@H](O)CC[C@]4(C)[C@@H]3CC[C@@]2(C)[C@@H]1O. The van der Waals surface area contributed by atoms with Gasteiger partial charge >= 0.3 is 0 Å². The van der Waals surface area contributed by atoms with Crippen LogP contribution in [0, 0.1) is 41.4 Å². The summed E-state index contributed by atoms with van der Waals surface area (Å²) < 4.78 is 1.87. The van der Waals surface area contributed by atoms with Crippen molar-refractivity contribution in [2.45, 2.75) is 84.3 Å². The van der Waals surface area contributed by atoms with Gasteiger partial charge in [0, 0.05) is 24.2 Å². The number of hydrogen-bond acceptors (Lipinski definition) is 3. The lowest BCUT2D eigenvalue weighted by atomic mass is 9.45. The average molecular weight is 399 g/mol. The second kappa shape index (κ2) is 6.68. The Hall–Kier alpha value is -1.13. The van der Waals surface area contributed by atoms with Gasteiger partial charge in [0.2, 0.25) is 0 Å². The van der Waals surface area contributed by atoms with Crippen LogP contribution in [0.4, 0.5) is 0 Å². The number of aliphatic hydroxyl groups is 2. The van der Waals surface area contributed by atoms with E-state index in [4.69, 9.17) is 0 Å². The maximum Gasteiger partial charge on any atom is 0.0809 e. The highest BCUT2D eigenvalue weighted by atomic mass is 16.3. The van der Waals surface area contributed by atoms with Crippen LogP contribution in [0.15, 0.2) is 11.8 Å². The van der Waals surface area contributed by atoms with Gasteiger partial charge in [-0.3, -0.25) is 4.68 Å². The molecule has 4 fully saturated rings. The fourth-order valence-electron chi connectivity index (χ4n) is 8.19. The molecule has 29 heavy (non-hydrogen) atoms. The predicted octanol–water partition coefficient (Wildman–Crippen LogP) is 4.49. The van der Waals surface area contributed by atoms with Crippen LogP contribution in [0.3, 0.4) is 0 Å². The highest BCUT2D eigenvalue weighted by Crippen LogP contribution is 2.67. The minimum Gasteiger partial charge on any atom is -0.393 e. The third-order valence-corrected chi connectivity index (χ3v) is 9.90. The van der Waals surface area contributed by atoms with Crippen LogP contribution in [-0.2, 0) is 7.05 Å². The van der Waals surface area contributed by atoms with Gasteiger partial charge in [-0.25, -0.2) is 0 Å². The topological polar surface area (TPSA) is 58.3 Å². The van der Waals surface area contributed by atoms with Crippen LogP contribution in [0.5, 0.6) is 0 Å². The van der Waals surface area contributed by atoms with E-state index in [9.17, 15) is 10.2 Å². The van der Waals surface area contributed by atoms with Gasteiger partial charge in [0.25, 0.3) is 0 Å². The molecule has 0 bridgehead atoms. The van der Waals surface area contributed by atoms with Gasteiger partial charge < -0.3 is 10.2 Å². The van der Waals surface area contributed by atoms with E-state index in [2.05, 4.69) is 38.1 Å². The van der Waals surface area contributed by atoms with E-state index in [-0.39, 0.29) is 17.6 Å². The second-order valence-electron chi connectivity index (χ2n) is 11.3. The molecule has 1 aromatic rings. The van der Waals surface area contributed by atoms with Crippen molar-refractivity contribution in [3.8, 4) is 0 Å². The quantitative estimate of drug-likeness (QED) is 0.733. The molecule has 2 N–H and O–H groups in total. The molecule has 4 aliphatic rings. The first kappa shape index (κ1) is 19.8. The third-order valence-electron chi connectivity index (χ3n) is 9.90. The van der Waals surface area contributed by atoms with Gasteiger partial charge in [0.1, 0.15) is 0 Å². The van der Waals surface area contributed by atoms with Crippen molar-refractivity contribution in [3.05, 3.63) is 23.0 Å². The lowest BCUT2D eigenvalue weighted by Gasteiger charge is -2.60. The molecule has 0 saturated heterocycles. The van der Waals surface area contributed by atoms with Crippen LogP contribution < -0.4 is 0 Å². The van der Waals surface area contributed by atoms with Gasteiger partial charge in [0.05, 0.1) is 17.9 Å². The first-order chi connectivity index (χ1) is 13.7. The van der Waals surface area contributed by atoms with Crippen LogP contribution in [0.1, 0.15) is 76.5 Å². The minimum atomic E-state index is -0.327. The number of rotatable bonds is 1. The van der Waals surface area contributed by atoms with Crippen LogP contribution in [0.25, 0.3) is 6.08 Å². The highest BCUT2D eigenvalue weighted by Gasteiger charge is 2.61. The van der Waals surface area contributed by atoms with Gasteiger partial charge in [-0.05, 0) is 99.0 Å². The van der Waals surface area contributed by atoms with Crippen molar-refractivity contribution in [2.24, 2.45) is 41.5 Å². The fraction of sp³-hybridized carbons (Fsp3) is 0.800. The lowest BCUT2D eigenvalue weighted by molar-refractivity contribution is -0.133. The molecule has 0 aromatic carbocycles. The number of aryl methyl sites for hydroxylation is 2. The molecule has 4 aliphatic carbocycles. The molecular formula is C25H38N2O2. The zero-order valence-electron chi connectivity index (χ0n) is 18.6. The van der Waals surface area contributed by atoms with E-state index in [0.29, 0.717) is 17.3 Å². The molecule has 0 radical (unpaired) electrons. The van der Waals surface area contributed by atoms with E-state index in [1.807, 2.05) is 11.7 Å². The molecule has 1 aromatic heterocycles. The Morgan fingerprint density at radius 3 is 2.55 bits per heavy atom. The second-order valence-corrected chi connectivity index (χ2v) is 11.3. The van der Waals surface area contributed by atoms with Gasteiger partial charge in [-0.15, -0.1) is 0 Å². The van der Waals surface area contributed by atoms with E-state index < -0.39 is 0 Å². The smallest absolute Gasteiger partial charge is 0.0809 e. The maximum atomic E-state index is 11.4. The molecule has 0 amide bonds. The molecule has 0 unspecified atom stereocenters. The van der Waals surface area contributed by atoms with Crippen molar-refractivity contribution < 1.29 is 10.2 Å². The van der Waals surface area contributed by atoms with E-state index in [0.717, 1.165) is 48.8 Å². The number of nitrogens with zero attached hydrogens (tertiary/aromatic N) is 2. The zero-order valence-corrected chi connectivity index (χ0v) is 18.6. The molecule has 0 aliphatic heterocycles. The standard InChI is InChI=1S/C25H38N2O2/c1-15-17(14-27(4)26-15)11-16-12-22-20-6-5-18-13-19(28)7-9-24(18,2)21(20)8-10-25(22,3)23(16)29/h11,14,18-23,28-29H,5-10,12-13H2,1-4H3/b16-11+/t18-,19-,20-,21+,22+,23+,24-,25+/m0/s1. The number of hydrogen-bond donors (Lipinski definition) is 2. The number of aromatic nitrogens is 2. The Morgan fingerprint density at radius 2 is 1.83 bits per heavy atom. The van der Waals surface area contributed by atoms with E-state index >= 15 is 0 Å². The molecule has 160 valence electrons. The predicted molar refractivity (Wildman–Crippen MR) is 115 cm³/mol. The van der Waals surface area contributed by atoms with Crippen molar-refractivity contribution >= 4 is 6.08 Å². The van der Waals surface area contributed by atoms with Crippen LogP contribution in [-0.4, -0.2) is 32.2 Å². The lowest BCUT2D eigenvalue weighted by Crippen LogP contribution is -2.54. The maximum absolute atomic E-state index is 11.4. The van der Waals surface area contributed by atoms with Crippen molar-refractivity contribution in [2.75, 3.05) is 0 Å². The van der Waals surface area contributed by atoms with Gasteiger partial charge in [-0.2, -0.15) is 5.10 Å². The average Bonchev–Trinajstić information content (AvgIpc) is 3.12. The third kappa shape index (κ3) is 2.89. The molecular weight excluding hydrogens is 360 g/mol. The summed E-state index contributed by atoms with van der Waals surface area (Å²) in [5.74, 6) is 2.76. The summed E-state index contributed by atoms with van der Waals surface area (Å²) >= 11 is 0. The summed E-state index contributed by atoms with van der Waals surface area (Å²) in [5, 5.41) is 26.1. The summed E-state index contributed by atoms with van der Waals surface area (Å²) in [5.41, 5.74) is 3.82. The highest BCUT2D eigenvalue weighted by molar-refractivity contribution is 5.56. The minimum absolute atomic E-state index is 0.0144. The monoisotopic (exact) mass is 398 g/mol. The normalized spacial score (nSPS) is 48.3. The molecule has 1 heterocycles. The largest absolute Gasteiger partial charge is 0.393 e. The van der Waals surface area contributed by atoms with Crippen molar-refractivity contribution in [1.82, 2.24) is 9.78 Å². The molecule has 0 spiro atoms. The number of fused-ring (bicyclic) bond motifs is 5. The molecule has 5 rings (SSSR count). The van der Waals surface area contributed by atoms with Gasteiger partial charge in [-0.1, -0.05) is 13.8 Å². The summed E-state index contributed by atoms with van der Waals surface area (Å²) in [4.78, 5) is 0. The van der Waals surface area contributed by atoms with Crippen LogP contribution in [0.2, 0.25) is 0 Å². The summed E-state index contributed by atoms with van der Waals surface area (Å²) in [6.07, 6.45) is 13.0. The Labute approximate surface area is 175 Å². The fourth-order valence-corrected chi connectivity index (χ4v) is 8.19.